The van der Waals surface area contributed by atoms with E-state index >= 15 is 0 Å². The zero-order valence-corrected chi connectivity index (χ0v) is 15.7. The van der Waals surface area contributed by atoms with Crippen LogP contribution in [0, 0.1) is 0 Å². The zero-order chi connectivity index (χ0) is 21.5. The maximum absolute atomic E-state index is 12.8. The molecule has 3 N–H and O–H groups in total. The fourth-order valence-electron chi connectivity index (χ4n) is 2.86. The number of imidazole rings is 1. The lowest BCUT2D eigenvalue weighted by molar-refractivity contribution is -0.137. The van der Waals surface area contributed by atoms with Gasteiger partial charge in [-0.2, -0.15) is 13.2 Å². The van der Waals surface area contributed by atoms with Gasteiger partial charge in [-0.1, -0.05) is 23.7 Å². The van der Waals surface area contributed by atoms with Gasteiger partial charge in [-0.3, -0.25) is 9.20 Å². The molecule has 0 aliphatic rings. The Bertz CT molecular complexity index is 1250. The molecule has 0 saturated carbocycles. The number of hydrogen-bond acceptors (Lipinski definition) is 5. The lowest BCUT2D eigenvalue weighted by atomic mass is 10.1. The van der Waals surface area contributed by atoms with Crippen molar-refractivity contribution < 1.29 is 18.0 Å². The molecule has 0 aliphatic carbocycles. The van der Waals surface area contributed by atoms with Crippen LogP contribution in [0.1, 0.15) is 15.9 Å². The summed E-state index contributed by atoms with van der Waals surface area (Å²) in [4.78, 5) is 24.5. The highest BCUT2D eigenvalue weighted by atomic mass is 35.5. The first-order valence-corrected chi connectivity index (χ1v) is 8.84. The van der Waals surface area contributed by atoms with E-state index in [9.17, 15) is 18.0 Å². The van der Waals surface area contributed by atoms with Crippen molar-refractivity contribution in [2.45, 2.75) is 6.18 Å². The number of amides is 1. The molecular formula is C19H12ClF3N6O. The van der Waals surface area contributed by atoms with Gasteiger partial charge in [0.05, 0.1) is 17.5 Å². The first kappa shape index (κ1) is 19.6. The monoisotopic (exact) mass is 432 g/mol. The SMILES string of the molecule is Nc1ncc(Cl)n2cnc(-c3ccc(C(=O)Nc4cc(C(F)(F)F)ccn4)cc3)c12. The maximum Gasteiger partial charge on any atom is 0.416 e. The molecule has 0 saturated heterocycles. The van der Waals surface area contributed by atoms with Crippen LogP contribution in [0.4, 0.5) is 24.8 Å². The van der Waals surface area contributed by atoms with Crippen molar-refractivity contribution >= 4 is 34.7 Å². The normalized spacial score (nSPS) is 11.6. The Morgan fingerprint density at radius 1 is 1.10 bits per heavy atom. The molecule has 0 aliphatic heterocycles. The van der Waals surface area contributed by atoms with Gasteiger partial charge in [0.2, 0.25) is 0 Å². The lowest BCUT2D eigenvalue weighted by Gasteiger charge is -2.09. The van der Waals surface area contributed by atoms with E-state index in [1.54, 1.807) is 16.5 Å². The third kappa shape index (κ3) is 3.64. The molecule has 4 aromatic rings. The van der Waals surface area contributed by atoms with Crippen LogP contribution in [-0.4, -0.2) is 25.3 Å². The van der Waals surface area contributed by atoms with E-state index in [2.05, 4.69) is 20.3 Å². The van der Waals surface area contributed by atoms with Gasteiger partial charge < -0.3 is 11.1 Å². The number of nitrogens with two attached hydrogens (primary N) is 1. The molecule has 0 spiro atoms. The number of alkyl halides is 3. The van der Waals surface area contributed by atoms with Gasteiger partial charge >= 0.3 is 6.18 Å². The van der Waals surface area contributed by atoms with Crippen molar-refractivity contribution in [3.05, 3.63) is 71.4 Å². The van der Waals surface area contributed by atoms with Crippen LogP contribution in [0.15, 0.2) is 55.1 Å². The van der Waals surface area contributed by atoms with Crippen molar-refractivity contribution in [3.8, 4) is 11.3 Å². The van der Waals surface area contributed by atoms with Crippen molar-refractivity contribution in [2.24, 2.45) is 0 Å². The van der Waals surface area contributed by atoms with Gasteiger partial charge in [-0.25, -0.2) is 15.0 Å². The zero-order valence-electron chi connectivity index (χ0n) is 15.0. The number of rotatable bonds is 3. The number of pyridine rings is 1. The second-order valence-electron chi connectivity index (χ2n) is 6.24. The average molecular weight is 433 g/mol. The van der Waals surface area contributed by atoms with Crippen LogP contribution in [0.5, 0.6) is 0 Å². The quantitative estimate of drug-likeness (QED) is 0.503. The Balaban J connectivity index is 1.59. The maximum atomic E-state index is 12.8. The second-order valence-corrected chi connectivity index (χ2v) is 6.62. The highest BCUT2D eigenvalue weighted by Gasteiger charge is 2.30. The summed E-state index contributed by atoms with van der Waals surface area (Å²) in [7, 11) is 0. The number of nitrogens with one attached hydrogen (secondary N) is 1. The fraction of sp³-hybridized carbons (Fsp3) is 0.0526. The predicted molar refractivity (Wildman–Crippen MR) is 105 cm³/mol. The van der Waals surface area contributed by atoms with Crippen molar-refractivity contribution in [2.75, 3.05) is 11.1 Å². The van der Waals surface area contributed by atoms with E-state index in [0.717, 1.165) is 18.3 Å². The van der Waals surface area contributed by atoms with Crippen LogP contribution in [0.2, 0.25) is 5.15 Å². The van der Waals surface area contributed by atoms with Gasteiger partial charge in [0.15, 0.2) is 0 Å². The van der Waals surface area contributed by atoms with Crippen molar-refractivity contribution in [1.29, 1.82) is 0 Å². The average Bonchev–Trinajstić information content (AvgIpc) is 3.17. The molecule has 30 heavy (non-hydrogen) atoms. The first-order valence-electron chi connectivity index (χ1n) is 8.46. The lowest BCUT2D eigenvalue weighted by Crippen LogP contribution is -2.14. The van der Waals surface area contributed by atoms with Gasteiger partial charge in [0.1, 0.15) is 28.6 Å². The molecule has 0 unspecified atom stereocenters. The molecule has 3 heterocycles. The van der Waals surface area contributed by atoms with Gasteiger partial charge in [-0.05, 0) is 24.3 Å². The molecule has 0 radical (unpaired) electrons. The third-order valence-corrected chi connectivity index (χ3v) is 4.58. The van der Waals surface area contributed by atoms with Crippen molar-refractivity contribution in [3.63, 3.8) is 0 Å². The highest BCUT2D eigenvalue weighted by Crippen LogP contribution is 2.30. The van der Waals surface area contributed by atoms with Gasteiger partial charge in [0.25, 0.3) is 5.91 Å². The minimum Gasteiger partial charge on any atom is -0.382 e. The molecule has 152 valence electrons. The topological polar surface area (TPSA) is 98.2 Å². The van der Waals surface area contributed by atoms with E-state index in [-0.39, 0.29) is 17.2 Å². The summed E-state index contributed by atoms with van der Waals surface area (Å²) in [5, 5.41) is 2.69. The number of hydrogen-bond donors (Lipinski definition) is 2. The number of carbonyl (C=O) groups is 1. The summed E-state index contributed by atoms with van der Waals surface area (Å²) in [6.07, 6.45) is -0.637. The molecular weight excluding hydrogens is 421 g/mol. The predicted octanol–water partition coefficient (Wildman–Crippen LogP) is 4.30. The van der Waals surface area contributed by atoms with E-state index in [0.29, 0.717) is 21.9 Å². The van der Waals surface area contributed by atoms with Crippen LogP contribution in [0.3, 0.4) is 0 Å². The van der Waals surface area contributed by atoms with Crippen LogP contribution in [0.25, 0.3) is 16.8 Å². The highest BCUT2D eigenvalue weighted by molar-refractivity contribution is 6.29. The van der Waals surface area contributed by atoms with Crippen molar-refractivity contribution in [1.82, 2.24) is 19.4 Å². The molecule has 11 heteroatoms. The number of halogens is 4. The molecule has 4 rings (SSSR count). The Labute approximate surface area is 172 Å². The summed E-state index contributed by atoms with van der Waals surface area (Å²) < 4.78 is 40.0. The largest absolute Gasteiger partial charge is 0.416 e. The van der Waals surface area contributed by atoms with E-state index in [1.807, 2.05) is 0 Å². The summed E-state index contributed by atoms with van der Waals surface area (Å²) in [6, 6.07) is 7.89. The van der Waals surface area contributed by atoms with Gasteiger partial charge in [0, 0.05) is 17.3 Å². The Morgan fingerprint density at radius 3 is 2.53 bits per heavy atom. The first-order chi connectivity index (χ1) is 14.2. The summed E-state index contributed by atoms with van der Waals surface area (Å²) in [5.41, 5.74) is 6.96. The number of benzene rings is 1. The molecule has 3 aromatic heterocycles. The summed E-state index contributed by atoms with van der Waals surface area (Å²) in [6.45, 7) is 0. The standard InChI is InChI=1S/C19H12ClF3N6O/c20-13-8-26-17(24)16-15(27-9-29(13)16)10-1-3-11(4-2-10)18(30)28-14-7-12(5-6-25-14)19(21,22)23/h1-9H,(H2,24,26)(H,25,28,30). The summed E-state index contributed by atoms with van der Waals surface area (Å²) >= 11 is 6.09. The Hall–Kier alpha value is -3.66. The number of carbonyl (C=O) groups excluding carboxylic acids is 1. The molecule has 0 atom stereocenters. The molecule has 7 nitrogen and oxygen atoms in total. The number of nitrogen functional groups attached to an aromatic ring is 1. The minimum absolute atomic E-state index is 0.201. The van der Waals surface area contributed by atoms with Crippen LogP contribution >= 0.6 is 11.6 Å². The summed E-state index contributed by atoms with van der Waals surface area (Å²) in [5.74, 6) is -0.566. The van der Waals surface area contributed by atoms with E-state index < -0.39 is 17.6 Å². The number of aromatic nitrogens is 4. The Morgan fingerprint density at radius 2 is 1.83 bits per heavy atom. The second kappa shape index (κ2) is 7.30. The minimum atomic E-state index is -4.53. The van der Waals surface area contributed by atoms with Crippen LogP contribution in [-0.2, 0) is 6.18 Å². The smallest absolute Gasteiger partial charge is 0.382 e. The fourth-order valence-corrected chi connectivity index (χ4v) is 3.03. The molecule has 0 bridgehead atoms. The molecule has 1 amide bonds. The van der Waals surface area contributed by atoms with Crippen LogP contribution < -0.4 is 11.1 Å². The molecule has 1 aromatic carbocycles. The Kier molecular flexibility index (Phi) is 4.78. The number of fused-ring (bicyclic) bond motifs is 1. The number of nitrogens with zero attached hydrogens (tertiary/aromatic N) is 4. The third-order valence-electron chi connectivity index (χ3n) is 4.30. The number of anilines is 2. The van der Waals surface area contributed by atoms with E-state index in [4.69, 9.17) is 17.3 Å². The molecule has 0 fully saturated rings. The van der Waals surface area contributed by atoms with E-state index in [1.165, 1.54) is 24.7 Å². The van der Waals surface area contributed by atoms with Gasteiger partial charge in [-0.15, -0.1) is 0 Å².